The van der Waals surface area contributed by atoms with Crippen LogP contribution in [0.1, 0.15) is 6.42 Å². The Hall–Kier alpha value is -1.29. The van der Waals surface area contributed by atoms with E-state index in [4.69, 9.17) is 10.6 Å². The average molecular weight is 166 g/mol. The highest BCUT2D eigenvalue weighted by molar-refractivity contribution is 5.81. The number of allylic oxidation sites excluding steroid dienone is 3. The molecule has 0 aromatic heterocycles. The zero-order valence-corrected chi connectivity index (χ0v) is 6.49. The number of amides is 1. The molecular formula is C8H10N2O2. The predicted octanol–water partition coefficient (Wildman–Crippen LogP) is -0.165. The molecule has 4 nitrogen and oxygen atoms in total. The van der Waals surface area contributed by atoms with E-state index in [1.807, 2.05) is 18.2 Å². The van der Waals surface area contributed by atoms with Crippen LogP contribution in [0, 0.1) is 5.92 Å². The third-order valence-electron chi connectivity index (χ3n) is 2.16. The molecular weight excluding hydrogens is 156 g/mol. The molecule has 0 aromatic rings. The molecule has 2 rings (SSSR count). The number of carbonyl (C=O) groups excluding carboxylic acids is 1. The Balaban J connectivity index is 2.20. The lowest BCUT2D eigenvalue weighted by Gasteiger charge is -2.12. The van der Waals surface area contributed by atoms with Crippen molar-refractivity contribution in [2.45, 2.75) is 12.5 Å². The predicted molar refractivity (Wildman–Crippen MR) is 42.5 cm³/mol. The van der Waals surface area contributed by atoms with Crippen LogP contribution in [-0.4, -0.2) is 11.9 Å². The van der Waals surface area contributed by atoms with E-state index in [1.165, 1.54) is 0 Å². The summed E-state index contributed by atoms with van der Waals surface area (Å²) in [6.45, 7) is 0. The number of carbonyl (C=O) groups is 1. The lowest BCUT2D eigenvalue weighted by Crippen LogP contribution is -2.40. The first kappa shape index (κ1) is 7.36. The summed E-state index contributed by atoms with van der Waals surface area (Å²) in [5.41, 5.74) is 7.79. The molecule has 0 radical (unpaired) electrons. The minimum atomic E-state index is -0.374. The molecule has 1 fully saturated rings. The van der Waals surface area contributed by atoms with E-state index < -0.39 is 0 Å². The first-order valence-electron chi connectivity index (χ1n) is 3.87. The van der Waals surface area contributed by atoms with Crippen LogP contribution in [0.15, 0.2) is 24.0 Å². The minimum Gasteiger partial charge on any atom is -0.412 e. The molecule has 64 valence electrons. The van der Waals surface area contributed by atoms with Gasteiger partial charge in [0.05, 0.1) is 5.92 Å². The van der Waals surface area contributed by atoms with E-state index in [-0.39, 0.29) is 17.9 Å². The van der Waals surface area contributed by atoms with Gasteiger partial charge in [0.2, 0.25) is 5.91 Å². The summed E-state index contributed by atoms with van der Waals surface area (Å²) in [7, 11) is 0. The number of rotatable bonds is 1. The highest BCUT2D eigenvalue weighted by atomic mass is 16.7. The van der Waals surface area contributed by atoms with Crippen molar-refractivity contribution in [1.29, 1.82) is 0 Å². The highest BCUT2D eigenvalue weighted by Gasteiger charge is 2.37. The van der Waals surface area contributed by atoms with Crippen molar-refractivity contribution >= 4 is 5.91 Å². The van der Waals surface area contributed by atoms with Gasteiger partial charge in [-0.2, -0.15) is 0 Å². The van der Waals surface area contributed by atoms with Gasteiger partial charge in [0, 0.05) is 0 Å². The van der Waals surface area contributed by atoms with Crippen molar-refractivity contribution < 1.29 is 9.63 Å². The van der Waals surface area contributed by atoms with Gasteiger partial charge in [-0.05, 0) is 12.5 Å². The van der Waals surface area contributed by atoms with Crippen molar-refractivity contribution in [3.63, 3.8) is 0 Å². The number of nitrogens with two attached hydrogens (primary N) is 1. The standard InChI is InChI=1S/C8H10N2O2/c9-8(11)7-5-3-1-2-4-6(5)12-10-7/h1-2,4-5,7,10H,3H2,(H2,9,11). The van der Waals surface area contributed by atoms with Crippen LogP contribution >= 0.6 is 0 Å². The zero-order valence-electron chi connectivity index (χ0n) is 6.49. The first-order chi connectivity index (χ1) is 5.79. The molecule has 0 spiro atoms. The van der Waals surface area contributed by atoms with Crippen LogP contribution in [-0.2, 0) is 9.63 Å². The molecule has 0 saturated carbocycles. The molecule has 1 heterocycles. The summed E-state index contributed by atoms with van der Waals surface area (Å²) in [4.78, 5) is 16.0. The summed E-state index contributed by atoms with van der Waals surface area (Å²) in [6, 6.07) is -0.374. The van der Waals surface area contributed by atoms with Crippen LogP contribution in [0.3, 0.4) is 0 Å². The Morgan fingerprint density at radius 3 is 3.33 bits per heavy atom. The molecule has 2 aliphatic rings. The number of hydrogen-bond acceptors (Lipinski definition) is 3. The Bertz CT molecular complexity index is 270. The van der Waals surface area contributed by atoms with Gasteiger partial charge in [-0.3, -0.25) is 4.79 Å². The lowest BCUT2D eigenvalue weighted by atomic mass is 9.92. The Labute approximate surface area is 70.0 Å². The Kier molecular flexibility index (Phi) is 1.62. The smallest absolute Gasteiger partial charge is 0.238 e. The fourth-order valence-corrected chi connectivity index (χ4v) is 1.51. The summed E-state index contributed by atoms with van der Waals surface area (Å²) < 4.78 is 0. The topological polar surface area (TPSA) is 64.4 Å². The summed E-state index contributed by atoms with van der Waals surface area (Å²) in [5.74, 6) is 0.535. The molecule has 3 N–H and O–H groups in total. The molecule has 1 amide bonds. The van der Waals surface area contributed by atoms with Crippen LogP contribution in [0.4, 0.5) is 0 Å². The van der Waals surface area contributed by atoms with Crippen LogP contribution < -0.4 is 11.2 Å². The summed E-state index contributed by atoms with van der Waals surface area (Å²) in [6.07, 6.45) is 6.58. The molecule has 1 aliphatic heterocycles. The maximum Gasteiger partial charge on any atom is 0.238 e. The number of nitrogens with one attached hydrogen (secondary N) is 1. The van der Waals surface area contributed by atoms with Gasteiger partial charge < -0.3 is 10.6 Å². The molecule has 1 saturated heterocycles. The van der Waals surface area contributed by atoms with Crippen LogP contribution in [0.25, 0.3) is 0 Å². The molecule has 1 aliphatic carbocycles. The Morgan fingerprint density at radius 1 is 1.75 bits per heavy atom. The van der Waals surface area contributed by atoms with E-state index in [1.54, 1.807) is 0 Å². The average Bonchev–Trinajstić information content (AvgIpc) is 2.47. The fraction of sp³-hybridized carbons (Fsp3) is 0.375. The molecule has 0 aromatic carbocycles. The molecule has 2 atom stereocenters. The van der Waals surface area contributed by atoms with Gasteiger partial charge >= 0.3 is 0 Å². The van der Waals surface area contributed by atoms with Crippen molar-refractivity contribution in [3.05, 3.63) is 24.0 Å². The van der Waals surface area contributed by atoms with Crippen molar-refractivity contribution in [2.24, 2.45) is 11.7 Å². The second kappa shape index (κ2) is 2.64. The SMILES string of the molecule is NC(=O)C1NOC2=CC=CCC21. The summed E-state index contributed by atoms with van der Waals surface area (Å²) in [5, 5.41) is 0. The van der Waals surface area contributed by atoms with Gasteiger partial charge in [0.25, 0.3) is 0 Å². The van der Waals surface area contributed by atoms with E-state index in [9.17, 15) is 4.79 Å². The Morgan fingerprint density at radius 2 is 2.58 bits per heavy atom. The third kappa shape index (κ3) is 1.00. The maximum absolute atomic E-state index is 10.9. The van der Waals surface area contributed by atoms with Gasteiger partial charge in [-0.1, -0.05) is 12.2 Å². The van der Waals surface area contributed by atoms with Gasteiger partial charge in [0.15, 0.2) is 0 Å². The van der Waals surface area contributed by atoms with Crippen molar-refractivity contribution in [1.82, 2.24) is 5.48 Å². The minimum absolute atomic E-state index is 0.0903. The van der Waals surface area contributed by atoms with E-state index >= 15 is 0 Å². The molecule has 2 unspecified atom stereocenters. The van der Waals surface area contributed by atoms with E-state index in [0.29, 0.717) is 0 Å². The quantitative estimate of drug-likeness (QED) is 0.568. The fourth-order valence-electron chi connectivity index (χ4n) is 1.51. The van der Waals surface area contributed by atoms with E-state index in [2.05, 4.69) is 5.48 Å². The second-order valence-corrected chi connectivity index (χ2v) is 2.94. The lowest BCUT2D eigenvalue weighted by molar-refractivity contribution is -0.121. The third-order valence-corrected chi connectivity index (χ3v) is 2.16. The summed E-state index contributed by atoms with van der Waals surface area (Å²) >= 11 is 0. The zero-order chi connectivity index (χ0) is 8.55. The van der Waals surface area contributed by atoms with E-state index in [0.717, 1.165) is 12.2 Å². The van der Waals surface area contributed by atoms with Gasteiger partial charge in [0.1, 0.15) is 11.8 Å². The monoisotopic (exact) mass is 166 g/mol. The normalized spacial score (nSPS) is 32.2. The van der Waals surface area contributed by atoms with Gasteiger partial charge in [-0.25, -0.2) is 0 Å². The molecule has 0 bridgehead atoms. The number of hydrogen-bond donors (Lipinski definition) is 2. The van der Waals surface area contributed by atoms with Crippen LogP contribution in [0.5, 0.6) is 0 Å². The second-order valence-electron chi connectivity index (χ2n) is 2.94. The van der Waals surface area contributed by atoms with Crippen molar-refractivity contribution in [2.75, 3.05) is 0 Å². The van der Waals surface area contributed by atoms with Crippen molar-refractivity contribution in [3.8, 4) is 0 Å². The first-order valence-corrected chi connectivity index (χ1v) is 3.87. The van der Waals surface area contributed by atoms with Crippen LogP contribution in [0.2, 0.25) is 0 Å². The molecule has 4 heteroatoms. The number of fused-ring (bicyclic) bond motifs is 1. The number of hydroxylamine groups is 1. The highest BCUT2D eigenvalue weighted by Crippen LogP contribution is 2.29. The van der Waals surface area contributed by atoms with Gasteiger partial charge in [-0.15, -0.1) is 5.48 Å². The largest absolute Gasteiger partial charge is 0.412 e. The maximum atomic E-state index is 10.9. The molecule has 12 heavy (non-hydrogen) atoms. The number of primary amides is 1.